The van der Waals surface area contributed by atoms with Crippen LogP contribution in [0, 0.1) is 26.7 Å². The third kappa shape index (κ3) is 6.26. The Morgan fingerprint density at radius 1 is 1.00 bits per heavy atom. The van der Waals surface area contributed by atoms with Gasteiger partial charge in [-0.1, -0.05) is 55.4 Å². The number of hydrogen-bond donors (Lipinski definition) is 2. The topological polar surface area (TPSA) is 88.9 Å². The highest BCUT2D eigenvalue weighted by Crippen LogP contribution is 2.26. The SMILES string of the molecule is CCn1c(SCC(=O)Nc2cc(C)ccc2C)nnc1[C@H](NC(=O)c1ccc(C)cc1)C(C)C. The number of aryl methyl sites for hydroxylation is 3. The lowest BCUT2D eigenvalue weighted by Gasteiger charge is -2.22. The smallest absolute Gasteiger partial charge is 0.251 e. The predicted octanol–water partition coefficient (Wildman–Crippen LogP) is 5.08. The second-order valence-corrected chi connectivity index (χ2v) is 9.74. The van der Waals surface area contributed by atoms with Gasteiger partial charge >= 0.3 is 0 Å². The van der Waals surface area contributed by atoms with Crippen LogP contribution in [0.4, 0.5) is 5.69 Å². The molecule has 8 heteroatoms. The lowest BCUT2D eigenvalue weighted by atomic mass is 10.0. The van der Waals surface area contributed by atoms with Crippen molar-refractivity contribution in [2.75, 3.05) is 11.1 Å². The molecule has 0 radical (unpaired) electrons. The van der Waals surface area contributed by atoms with Crippen LogP contribution >= 0.6 is 11.8 Å². The van der Waals surface area contributed by atoms with Gasteiger partial charge in [-0.05, 0) is 62.9 Å². The van der Waals surface area contributed by atoms with Crippen LogP contribution < -0.4 is 10.6 Å². The molecule has 0 unspecified atom stereocenters. The van der Waals surface area contributed by atoms with Gasteiger partial charge in [0.2, 0.25) is 5.91 Å². The van der Waals surface area contributed by atoms with Gasteiger partial charge in [-0.3, -0.25) is 9.59 Å². The summed E-state index contributed by atoms with van der Waals surface area (Å²) >= 11 is 1.34. The molecular weight excluding hydrogens is 446 g/mol. The fraction of sp³-hybridized carbons (Fsp3) is 0.385. The molecule has 0 fully saturated rings. The molecule has 0 saturated heterocycles. The zero-order valence-corrected chi connectivity index (χ0v) is 21.5. The average Bonchev–Trinajstić information content (AvgIpc) is 3.21. The summed E-state index contributed by atoms with van der Waals surface area (Å²) in [7, 11) is 0. The maximum atomic E-state index is 12.9. The quantitative estimate of drug-likeness (QED) is 0.418. The predicted molar refractivity (Wildman–Crippen MR) is 137 cm³/mol. The lowest BCUT2D eigenvalue weighted by molar-refractivity contribution is -0.113. The molecule has 2 aromatic carbocycles. The second-order valence-electron chi connectivity index (χ2n) is 8.80. The van der Waals surface area contributed by atoms with Crippen molar-refractivity contribution in [3.8, 4) is 0 Å². The number of anilines is 1. The van der Waals surface area contributed by atoms with Crippen molar-refractivity contribution in [1.29, 1.82) is 0 Å². The Morgan fingerprint density at radius 3 is 2.32 bits per heavy atom. The standard InChI is InChI=1S/C26H33N5O2S/c1-7-31-24(23(16(2)3)28-25(33)20-12-9-17(4)10-13-20)29-30-26(31)34-15-22(32)27-21-14-18(5)8-11-19(21)6/h8-14,16,23H,7,15H2,1-6H3,(H,27,32)(H,28,33)/t23-/m1/s1. The van der Waals surface area contributed by atoms with Gasteiger partial charge in [-0.2, -0.15) is 0 Å². The molecule has 3 rings (SSSR count). The van der Waals surface area contributed by atoms with Crippen LogP contribution in [0.5, 0.6) is 0 Å². The molecule has 1 aromatic heterocycles. The molecule has 7 nitrogen and oxygen atoms in total. The van der Waals surface area contributed by atoms with Crippen molar-refractivity contribution >= 4 is 29.3 Å². The zero-order valence-electron chi connectivity index (χ0n) is 20.7. The van der Waals surface area contributed by atoms with Gasteiger partial charge in [0.15, 0.2) is 11.0 Å². The molecule has 0 spiro atoms. The molecule has 1 heterocycles. The highest BCUT2D eigenvalue weighted by molar-refractivity contribution is 7.99. The van der Waals surface area contributed by atoms with Crippen molar-refractivity contribution in [3.63, 3.8) is 0 Å². The van der Waals surface area contributed by atoms with Crippen LogP contribution in [0.1, 0.15) is 59.7 Å². The Labute approximate surface area is 205 Å². The summed E-state index contributed by atoms with van der Waals surface area (Å²) in [5, 5.41) is 15.5. The largest absolute Gasteiger partial charge is 0.342 e. The van der Waals surface area contributed by atoms with E-state index in [9.17, 15) is 9.59 Å². The van der Waals surface area contributed by atoms with Crippen molar-refractivity contribution in [2.24, 2.45) is 5.92 Å². The maximum Gasteiger partial charge on any atom is 0.251 e. The first-order valence-corrected chi connectivity index (χ1v) is 12.5. The van der Waals surface area contributed by atoms with Crippen molar-refractivity contribution in [3.05, 3.63) is 70.5 Å². The molecule has 180 valence electrons. The van der Waals surface area contributed by atoms with Crippen LogP contribution in [-0.2, 0) is 11.3 Å². The molecule has 0 aliphatic rings. The number of nitrogens with one attached hydrogen (secondary N) is 2. The Balaban J connectivity index is 1.72. The minimum Gasteiger partial charge on any atom is -0.342 e. The van der Waals surface area contributed by atoms with E-state index < -0.39 is 0 Å². The molecule has 0 saturated carbocycles. The number of thioether (sulfide) groups is 1. The van der Waals surface area contributed by atoms with E-state index >= 15 is 0 Å². The number of aromatic nitrogens is 3. The highest BCUT2D eigenvalue weighted by Gasteiger charge is 2.26. The lowest BCUT2D eigenvalue weighted by Crippen LogP contribution is -2.33. The Morgan fingerprint density at radius 2 is 1.68 bits per heavy atom. The average molecular weight is 480 g/mol. The summed E-state index contributed by atoms with van der Waals surface area (Å²) in [5.41, 5.74) is 4.65. The minimum absolute atomic E-state index is 0.0982. The van der Waals surface area contributed by atoms with Gasteiger partial charge < -0.3 is 15.2 Å². The molecule has 1 atom stereocenters. The van der Waals surface area contributed by atoms with Gasteiger partial charge in [0.05, 0.1) is 11.8 Å². The first kappa shape index (κ1) is 25.5. The first-order valence-electron chi connectivity index (χ1n) is 11.5. The summed E-state index contributed by atoms with van der Waals surface area (Å²) < 4.78 is 1.97. The van der Waals surface area contributed by atoms with E-state index in [4.69, 9.17) is 0 Å². The van der Waals surface area contributed by atoms with E-state index in [0.29, 0.717) is 23.1 Å². The van der Waals surface area contributed by atoms with Crippen molar-refractivity contribution in [1.82, 2.24) is 20.1 Å². The fourth-order valence-corrected chi connectivity index (χ4v) is 4.39. The fourth-order valence-electron chi connectivity index (χ4n) is 3.58. The second kappa shape index (κ2) is 11.3. The minimum atomic E-state index is -0.306. The van der Waals surface area contributed by atoms with E-state index in [0.717, 1.165) is 22.4 Å². The molecule has 0 aliphatic heterocycles. The Bertz CT molecular complexity index is 1150. The number of carbonyl (C=O) groups is 2. The number of hydrogen-bond acceptors (Lipinski definition) is 5. The van der Waals surface area contributed by atoms with E-state index in [1.54, 1.807) is 0 Å². The Hall–Kier alpha value is -3.13. The van der Waals surface area contributed by atoms with Gasteiger partial charge in [0.25, 0.3) is 5.91 Å². The van der Waals surface area contributed by atoms with Gasteiger partial charge in [0, 0.05) is 17.8 Å². The number of amides is 2. The molecule has 0 bridgehead atoms. The maximum absolute atomic E-state index is 12.9. The number of nitrogens with zero attached hydrogens (tertiary/aromatic N) is 3. The van der Waals surface area contributed by atoms with Crippen LogP contribution in [-0.4, -0.2) is 32.3 Å². The van der Waals surface area contributed by atoms with E-state index in [2.05, 4.69) is 20.8 Å². The van der Waals surface area contributed by atoms with E-state index in [-0.39, 0.29) is 29.5 Å². The van der Waals surface area contributed by atoms with E-state index in [1.807, 2.05) is 88.6 Å². The number of rotatable bonds is 9. The number of benzene rings is 2. The van der Waals surface area contributed by atoms with E-state index in [1.165, 1.54) is 11.8 Å². The summed E-state index contributed by atoms with van der Waals surface area (Å²) in [6.07, 6.45) is 0. The third-order valence-electron chi connectivity index (χ3n) is 5.61. The summed E-state index contributed by atoms with van der Waals surface area (Å²) in [6, 6.07) is 13.2. The van der Waals surface area contributed by atoms with Crippen molar-refractivity contribution < 1.29 is 9.59 Å². The normalized spacial score (nSPS) is 12.0. The molecule has 3 aromatic rings. The summed E-state index contributed by atoms with van der Waals surface area (Å²) in [4.78, 5) is 25.4. The highest BCUT2D eigenvalue weighted by atomic mass is 32.2. The van der Waals surface area contributed by atoms with Gasteiger partial charge in [0.1, 0.15) is 0 Å². The Kier molecular flexibility index (Phi) is 8.50. The van der Waals surface area contributed by atoms with Crippen LogP contribution in [0.25, 0.3) is 0 Å². The first-order chi connectivity index (χ1) is 16.2. The molecule has 0 aliphatic carbocycles. The zero-order chi connectivity index (χ0) is 24.8. The third-order valence-corrected chi connectivity index (χ3v) is 6.57. The number of carbonyl (C=O) groups excluding carboxylic acids is 2. The molecule has 34 heavy (non-hydrogen) atoms. The van der Waals surface area contributed by atoms with Crippen LogP contribution in [0.15, 0.2) is 47.6 Å². The summed E-state index contributed by atoms with van der Waals surface area (Å²) in [6.45, 7) is 12.7. The molecular formula is C26H33N5O2S. The van der Waals surface area contributed by atoms with Gasteiger partial charge in [-0.15, -0.1) is 10.2 Å². The van der Waals surface area contributed by atoms with Gasteiger partial charge in [-0.25, -0.2) is 0 Å². The summed E-state index contributed by atoms with van der Waals surface area (Å²) in [5.74, 6) is 0.767. The van der Waals surface area contributed by atoms with Crippen LogP contribution in [0.3, 0.4) is 0 Å². The van der Waals surface area contributed by atoms with Crippen LogP contribution in [0.2, 0.25) is 0 Å². The molecule has 2 N–H and O–H groups in total. The molecule has 2 amide bonds. The van der Waals surface area contributed by atoms with Crippen molar-refractivity contribution in [2.45, 2.75) is 59.3 Å². The monoisotopic (exact) mass is 479 g/mol.